The Hall–Kier alpha value is -2.70. The van der Waals surface area contributed by atoms with Gasteiger partial charge in [0.2, 0.25) is 5.91 Å². The Bertz CT molecular complexity index is 789. The molecule has 0 atom stereocenters. The molecule has 0 aliphatic carbocycles. The van der Waals surface area contributed by atoms with E-state index in [0.717, 1.165) is 11.1 Å². The number of benzene rings is 1. The molecule has 142 valence electrons. The smallest absolute Gasteiger partial charge is 0.341 e. The molecule has 0 saturated carbocycles. The Balaban J connectivity index is 2.26. The first-order chi connectivity index (χ1) is 13.1. The zero-order valence-electron chi connectivity index (χ0n) is 15.4. The molecule has 1 heterocycles. The van der Waals surface area contributed by atoms with Crippen molar-refractivity contribution < 1.29 is 14.3 Å². The number of nitrogens with one attached hydrogen (secondary N) is 1. The van der Waals surface area contributed by atoms with E-state index in [1.54, 1.807) is 19.1 Å². The highest BCUT2D eigenvalue weighted by Crippen LogP contribution is 2.36. The van der Waals surface area contributed by atoms with Gasteiger partial charge in [-0.25, -0.2) is 4.79 Å². The third-order valence-electron chi connectivity index (χ3n) is 3.75. The van der Waals surface area contributed by atoms with Crippen LogP contribution >= 0.6 is 11.3 Å². The number of hydrogen-bond donors (Lipinski definition) is 1. The van der Waals surface area contributed by atoms with Crippen molar-refractivity contribution in [3.63, 3.8) is 0 Å². The first-order valence-electron chi connectivity index (χ1n) is 8.68. The summed E-state index contributed by atoms with van der Waals surface area (Å²) in [7, 11) is 0. The van der Waals surface area contributed by atoms with Crippen LogP contribution in [0.2, 0.25) is 0 Å². The minimum absolute atomic E-state index is 0.179. The zero-order valence-corrected chi connectivity index (χ0v) is 16.3. The molecule has 1 aromatic heterocycles. The van der Waals surface area contributed by atoms with Gasteiger partial charge in [0.15, 0.2) is 0 Å². The summed E-state index contributed by atoms with van der Waals surface area (Å²) in [5.74, 6) is -0.646. The van der Waals surface area contributed by atoms with Gasteiger partial charge < -0.3 is 10.1 Å². The van der Waals surface area contributed by atoms with Gasteiger partial charge in [0.25, 0.3) is 0 Å². The Labute approximate surface area is 164 Å². The van der Waals surface area contributed by atoms with E-state index in [2.05, 4.69) is 18.5 Å². The van der Waals surface area contributed by atoms with Gasteiger partial charge in [0.05, 0.1) is 13.2 Å². The van der Waals surface area contributed by atoms with Gasteiger partial charge in [-0.1, -0.05) is 42.5 Å². The second kappa shape index (κ2) is 10.4. The number of rotatable bonds is 10. The number of carbonyl (C=O) groups excluding carboxylic acids is 2. The number of anilines is 1. The lowest BCUT2D eigenvalue weighted by Crippen LogP contribution is -2.33. The molecule has 0 saturated heterocycles. The van der Waals surface area contributed by atoms with Crippen molar-refractivity contribution in [2.75, 3.05) is 31.6 Å². The minimum Gasteiger partial charge on any atom is -0.462 e. The number of amides is 1. The predicted octanol–water partition coefficient (Wildman–Crippen LogP) is 4.20. The topological polar surface area (TPSA) is 58.6 Å². The normalized spacial score (nSPS) is 10.4. The molecular weight excluding hydrogens is 360 g/mol. The molecule has 0 bridgehead atoms. The average molecular weight is 385 g/mol. The molecule has 0 radical (unpaired) electrons. The van der Waals surface area contributed by atoms with Crippen LogP contribution in [0, 0.1) is 0 Å². The summed E-state index contributed by atoms with van der Waals surface area (Å²) in [4.78, 5) is 26.9. The van der Waals surface area contributed by atoms with E-state index in [0.29, 0.717) is 23.7 Å². The Kier molecular flexibility index (Phi) is 7.98. The van der Waals surface area contributed by atoms with Gasteiger partial charge >= 0.3 is 5.97 Å². The van der Waals surface area contributed by atoms with E-state index in [9.17, 15) is 9.59 Å². The number of thiophene rings is 1. The van der Waals surface area contributed by atoms with Crippen molar-refractivity contribution >= 4 is 28.2 Å². The summed E-state index contributed by atoms with van der Waals surface area (Å²) < 4.78 is 5.21. The maximum atomic E-state index is 12.5. The van der Waals surface area contributed by atoms with Crippen molar-refractivity contribution in [3.05, 3.63) is 66.6 Å². The van der Waals surface area contributed by atoms with E-state index in [1.807, 2.05) is 40.6 Å². The second-order valence-corrected chi connectivity index (χ2v) is 6.64. The average Bonchev–Trinajstić information content (AvgIpc) is 3.06. The van der Waals surface area contributed by atoms with E-state index < -0.39 is 5.97 Å². The number of nitrogens with zero attached hydrogens (tertiary/aromatic N) is 1. The molecule has 1 N–H and O–H groups in total. The zero-order chi connectivity index (χ0) is 19.6. The second-order valence-electron chi connectivity index (χ2n) is 5.76. The van der Waals surface area contributed by atoms with E-state index >= 15 is 0 Å². The Morgan fingerprint density at radius 3 is 2.44 bits per heavy atom. The van der Waals surface area contributed by atoms with E-state index in [4.69, 9.17) is 4.74 Å². The number of carbonyl (C=O) groups is 2. The number of hydrogen-bond acceptors (Lipinski definition) is 5. The molecule has 0 fully saturated rings. The van der Waals surface area contributed by atoms with Gasteiger partial charge in [0, 0.05) is 24.0 Å². The van der Waals surface area contributed by atoms with Crippen LogP contribution in [0.1, 0.15) is 17.3 Å². The first-order valence-corrected chi connectivity index (χ1v) is 9.56. The lowest BCUT2D eigenvalue weighted by molar-refractivity contribution is -0.117. The van der Waals surface area contributed by atoms with Crippen molar-refractivity contribution in [2.24, 2.45) is 0 Å². The standard InChI is InChI=1S/C21H24N2O3S/c1-4-12-23(13-5-2)14-18(24)22-20-19(21(25)26-6-3)17(15-27-20)16-10-8-7-9-11-16/h4-5,7-11,15H,1-2,6,12-14H2,3H3,(H,22,24). The SMILES string of the molecule is C=CCN(CC=C)CC(=O)Nc1scc(-c2ccccc2)c1C(=O)OCC. The van der Waals surface area contributed by atoms with Crippen LogP contribution in [0.25, 0.3) is 11.1 Å². The van der Waals surface area contributed by atoms with Crippen LogP contribution in [0.4, 0.5) is 5.00 Å². The molecule has 0 unspecified atom stereocenters. The molecule has 2 rings (SSSR count). The molecule has 1 aromatic carbocycles. The van der Waals surface area contributed by atoms with Crippen molar-refractivity contribution in [1.82, 2.24) is 4.90 Å². The fourth-order valence-electron chi connectivity index (χ4n) is 2.62. The fourth-order valence-corrected chi connectivity index (χ4v) is 3.60. The van der Waals surface area contributed by atoms with Gasteiger partial charge in [-0.15, -0.1) is 24.5 Å². The highest BCUT2D eigenvalue weighted by Gasteiger charge is 2.23. The van der Waals surface area contributed by atoms with Crippen LogP contribution < -0.4 is 5.32 Å². The Morgan fingerprint density at radius 1 is 1.19 bits per heavy atom. The summed E-state index contributed by atoms with van der Waals surface area (Å²) in [6.45, 7) is 10.8. The molecule has 6 heteroatoms. The van der Waals surface area contributed by atoms with Crippen LogP contribution in [-0.4, -0.2) is 43.0 Å². The molecule has 0 aliphatic rings. The van der Waals surface area contributed by atoms with Gasteiger partial charge in [0.1, 0.15) is 10.6 Å². The lowest BCUT2D eigenvalue weighted by atomic mass is 10.0. The largest absolute Gasteiger partial charge is 0.462 e. The number of esters is 1. The van der Waals surface area contributed by atoms with Crippen molar-refractivity contribution in [2.45, 2.75) is 6.92 Å². The van der Waals surface area contributed by atoms with Gasteiger partial charge in [-0.3, -0.25) is 9.69 Å². The summed E-state index contributed by atoms with van der Waals surface area (Å²) >= 11 is 1.32. The van der Waals surface area contributed by atoms with Crippen LogP contribution in [0.5, 0.6) is 0 Å². The van der Waals surface area contributed by atoms with Crippen molar-refractivity contribution in [3.8, 4) is 11.1 Å². The molecule has 27 heavy (non-hydrogen) atoms. The molecule has 1 amide bonds. The highest BCUT2D eigenvalue weighted by atomic mass is 32.1. The molecule has 5 nitrogen and oxygen atoms in total. The number of ether oxygens (including phenoxy) is 1. The van der Waals surface area contributed by atoms with Crippen molar-refractivity contribution in [1.29, 1.82) is 0 Å². The third kappa shape index (κ3) is 5.64. The summed E-state index contributed by atoms with van der Waals surface area (Å²) in [5, 5.41) is 5.21. The third-order valence-corrected chi connectivity index (χ3v) is 4.65. The first kappa shape index (κ1) is 20.6. The van der Waals surface area contributed by atoms with Gasteiger partial charge in [-0.2, -0.15) is 0 Å². The minimum atomic E-state index is -0.443. The summed E-state index contributed by atoms with van der Waals surface area (Å²) in [6.07, 6.45) is 3.47. The highest BCUT2D eigenvalue weighted by molar-refractivity contribution is 7.15. The maximum absolute atomic E-state index is 12.5. The summed E-state index contributed by atoms with van der Waals surface area (Å²) in [6, 6.07) is 9.57. The summed E-state index contributed by atoms with van der Waals surface area (Å²) in [5.41, 5.74) is 2.04. The van der Waals surface area contributed by atoms with E-state index in [-0.39, 0.29) is 19.1 Å². The molecular formula is C21H24N2O3S. The van der Waals surface area contributed by atoms with E-state index in [1.165, 1.54) is 11.3 Å². The molecule has 0 aliphatic heterocycles. The van der Waals surface area contributed by atoms with Gasteiger partial charge in [-0.05, 0) is 12.5 Å². The van der Waals surface area contributed by atoms with Crippen LogP contribution in [0.15, 0.2) is 61.0 Å². The maximum Gasteiger partial charge on any atom is 0.341 e. The quantitative estimate of drug-likeness (QED) is 0.493. The molecule has 0 spiro atoms. The lowest BCUT2D eigenvalue weighted by Gasteiger charge is -2.18. The molecule has 2 aromatic rings. The Morgan fingerprint density at radius 2 is 1.85 bits per heavy atom. The van der Waals surface area contributed by atoms with Crippen LogP contribution in [-0.2, 0) is 9.53 Å². The predicted molar refractivity (Wildman–Crippen MR) is 111 cm³/mol. The van der Waals surface area contributed by atoms with Crippen LogP contribution in [0.3, 0.4) is 0 Å². The monoisotopic (exact) mass is 384 g/mol. The fraction of sp³-hybridized carbons (Fsp3) is 0.238.